The van der Waals surface area contributed by atoms with Gasteiger partial charge in [0.25, 0.3) is 0 Å². The first kappa shape index (κ1) is 12.3. The monoisotopic (exact) mass is 258 g/mol. The molecule has 1 fully saturated rings. The molecular formula is C12H19ClN2S. The van der Waals surface area contributed by atoms with E-state index in [-0.39, 0.29) is 0 Å². The molecule has 0 saturated carbocycles. The predicted molar refractivity (Wildman–Crippen MR) is 69.9 cm³/mol. The van der Waals surface area contributed by atoms with Crippen molar-refractivity contribution in [2.75, 3.05) is 6.54 Å². The van der Waals surface area contributed by atoms with Crippen LogP contribution in [0.1, 0.15) is 37.4 Å². The molecule has 0 radical (unpaired) electrons. The van der Waals surface area contributed by atoms with E-state index in [2.05, 4.69) is 29.1 Å². The number of likely N-dealkylation sites (tertiary alicyclic amines) is 1. The van der Waals surface area contributed by atoms with E-state index >= 15 is 0 Å². The van der Waals surface area contributed by atoms with Crippen molar-refractivity contribution >= 4 is 22.9 Å². The zero-order chi connectivity index (χ0) is 11.5. The molecular weight excluding hydrogens is 240 g/mol. The maximum atomic E-state index is 5.76. The van der Waals surface area contributed by atoms with Crippen molar-refractivity contribution < 1.29 is 0 Å². The SMILES string of the molecule is CC1CCN(Cc2nc(CCl)cs2)C(C)C1. The van der Waals surface area contributed by atoms with E-state index < -0.39 is 0 Å². The predicted octanol–water partition coefficient (Wildman–Crippen LogP) is 3.50. The van der Waals surface area contributed by atoms with Gasteiger partial charge in [0.15, 0.2) is 0 Å². The molecule has 1 aromatic rings. The molecule has 0 aliphatic carbocycles. The maximum absolute atomic E-state index is 5.76. The Kier molecular flexibility index (Phi) is 4.22. The number of piperidine rings is 1. The van der Waals surface area contributed by atoms with E-state index in [1.165, 1.54) is 24.4 Å². The van der Waals surface area contributed by atoms with Crippen molar-refractivity contribution in [2.24, 2.45) is 5.92 Å². The van der Waals surface area contributed by atoms with Crippen molar-refractivity contribution in [3.63, 3.8) is 0 Å². The van der Waals surface area contributed by atoms with E-state index in [1.54, 1.807) is 11.3 Å². The molecule has 0 aromatic carbocycles. The number of hydrogen-bond acceptors (Lipinski definition) is 3. The molecule has 1 aromatic heterocycles. The minimum absolute atomic E-state index is 0.531. The van der Waals surface area contributed by atoms with E-state index in [4.69, 9.17) is 11.6 Å². The molecule has 2 rings (SSSR count). The lowest BCUT2D eigenvalue weighted by Gasteiger charge is -2.35. The third kappa shape index (κ3) is 2.96. The van der Waals surface area contributed by atoms with Gasteiger partial charge in [-0.05, 0) is 32.2 Å². The average molecular weight is 259 g/mol. The van der Waals surface area contributed by atoms with Crippen molar-refractivity contribution in [2.45, 2.75) is 45.2 Å². The van der Waals surface area contributed by atoms with Crippen LogP contribution in [0.15, 0.2) is 5.38 Å². The minimum Gasteiger partial charge on any atom is -0.294 e. The topological polar surface area (TPSA) is 16.1 Å². The third-order valence-corrected chi connectivity index (χ3v) is 4.51. The fourth-order valence-corrected chi connectivity index (χ4v) is 3.39. The second-order valence-corrected chi connectivity index (χ2v) is 6.03. The molecule has 2 heterocycles. The van der Waals surface area contributed by atoms with E-state index in [0.717, 1.165) is 18.2 Å². The van der Waals surface area contributed by atoms with Crippen LogP contribution in [0.25, 0.3) is 0 Å². The smallest absolute Gasteiger partial charge is 0.107 e. The Hall–Kier alpha value is -0.120. The van der Waals surface area contributed by atoms with Gasteiger partial charge in [0.1, 0.15) is 5.01 Å². The van der Waals surface area contributed by atoms with Crippen LogP contribution in [0.5, 0.6) is 0 Å². The van der Waals surface area contributed by atoms with Crippen LogP contribution in [-0.2, 0) is 12.4 Å². The molecule has 1 aliphatic rings. The fraction of sp³-hybridized carbons (Fsp3) is 0.750. The molecule has 1 saturated heterocycles. The first-order valence-electron chi connectivity index (χ1n) is 5.92. The molecule has 0 amide bonds. The molecule has 0 bridgehead atoms. The Morgan fingerprint density at radius 3 is 3.00 bits per heavy atom. The van der Waals surface area contributed by atoms with Gasteiger partial charge in [-0.3, -0.25) is 4.90 Å². The van der Waals surface area contributed by atoms with Gasteiger partial charge in [0.05, 0.1) is 18.1 Å². The van der Waals surface area contributed by atoms with Gasteiger partial charge in [0, 0.05) is 11.4 Å². The fourth-order valence-electron chi connectivity index (χ4n) is 2.35. The molecule has 90 valence electrons. The summed E-state index contributed by atoms with van der Waals surface area (Å²) in [6, 6.07) is 0.687. The average Bonchev–Trinajstić information content (AvgIpc) is 2.70. The highest BCUT2D eigenvalue weighted by Crippen LogP contribution is 2.24. The molecule has 2 nitrogen and oxygen atoms in total. The highest BCUT2D eigenvalue weighted by molar-refractivity contribution is 7.09. The number of halogens is 1. The number of hydrogen-bond donors (Lipinski definition) is 0. The highest BCUT2D eigenvalue weighted by Gasteiger charge is 2.23. The van der Waals surface area contributed by atoms with Gasteiger partial charge in [-0.25, -0.2) is 4.98 Å². The first-order chi connectivity index (χ1) is 7.69. The summed E-state index contributed by atoms with van der Waals surface area (Å²) in [6.45, 7) is 6.88. The van der Waals surface area contributed by atoms with E-state index in [0.29, 0.717) is 11.9 Å². The number of alkyl halides is 1. The lowest BCUT2D eigenvalue weighted by Crippen LogP contribution is -2.39. The summed E-state index contributed by atoms with van der Waals surface area (Å²) >= 11 is 7.49. The van der Waals surface area contributed by atoms with Gasteiger partial charge in [-0.2, -0.15) is 0 Å². The summed E-state index contributed by atoms with van der Waals surface area (Å²) in [4.78, 5) is 7.06. The third-order valence-electron chi connectivity index (χ3n) is 3.35. The number of rotatable bonds is 3. The van der Waals surface area contributed by atoms with Crippen LogP contribution in [0.4, 0.5) is 0 Å². The van der Waals surface area contributed by atoms with Crippen LogP contribution < -0.4 is 0 Å². The molecule has 0 N–H and O–H groups in total. The largest absolute Gasteiger partial charge is 0.294 e. The minimum atomic E-state index is 0.531. The summed E-state index contributed by atoms with van der Waals surface area (Å²) < 4.78 is 0. The molecule has 1 aliphatic heterocycles. The summed E-state index contributed by atoms with van der Waals surface area (Å²) in [7, 11) is 0. The van der Waals surface area contributed by atoms with Gasteiger partial charge in [-0.15, -0.1) is 22.9 Å². The van der Waals surface area contributed by atoms with Crippen LogP contribution >= 0.6 is 22.9 Å². The zero-order valence-corrected chi connectivity index (χ0v) is 11.5. The van der Waals surface area contributed by atoms with Gasteiger partial charge < -0.3 is 0 Å². The summed E-state index contributed by atoms with van der Waals surface area (Å²) in [5, 5.41) is 3.27. The lowest BCUT2D eigenvalue weighted by molar-refractivity contribution is 0.122. The van der Waals surface area contributed by atoms with E-state index in [9.17, 15) is 0 Å². The van der Waals surface area contributed by atoms with Gasteiger partial charge in [-0.1, -0.05) is 6.92 Å². The van der Waals surface area contributed by atoms with Crippen LogP contribution in [-0.4, -0.2) is 22.5 Å². The Labute approximate surface area is 107 Å². The normalized spacial score (nSPS) is 27.2. The highest BCUT2D eigenvalue weighted by atomic mass is 35.5. The number of aromatic nitrogens is 1. The Balaban J connectivity index is 1.93. The van der Waals surface area contributed by atoms with Crippen LogP contribution in [0, 0.1) is 5.92 Å². The Morgan fingerprint density at radius 2 is 2.38 bits per heavy atom. The first-order valence-corrected chi connectivity index (χ1v) is 7.33. The standard InChI is InChI=1S/C12H19ClN2S/c1-9-3-4-15(10(2)5-9)7-12-14-11(6-13)8-16-12/h8-10H,3-7H2,1-2H3. The number of nitrogens with zero attached hydrogens (tertiary/aromatic N) is 2. The number of thiazole rings is 1. The summed E-state index contributed by atoms with van der Waals surface area (Å²) in [5.74, 6) is 1.41. The van der Waals surface area contributed by atoms with Crippen molar-refractivity contribution in [1.29, 1.82) is 0 Å². The quantitative estimate of drug-likeness (QED) is 0.772. The molecule has 2 unspecified atom stereocenters. The molecule has 4 heteroatoms. The zero-order valence-electron chi connectivity index (χ0n) is 9.95. The van der Waals surface area contributed by atoms with Gasteiger partial charge in [0.2, 0.25) is 0 Å². The van der Waals surface area contributed by atoms with Crippen LogP contribution in [0.3, 0.4) is 0 Å². The van der Waals surface area contributed by atoms with Crippen molar-refractivity contribution in [1.82, 2.24) is 9.88 Å². The second-order valence-electron chi connectivity index (χ2n) is 4.82. The van der Waals surface area contributed by atoms with E-state index in [1.807, 2.05) is 0 Å². The van der Waals surface area contributed by atoms with Crippen molar-refractivity contribution in [3.05, 3.63) is 16.1 Å². The Bertz CT molecular complexity index is 340. The molecule has 16 heavy (non-hydrogen) atoms. The maximum Gasteiger partial charge on any atom is 0.107 e. The second kappa shape index (κ2) is 5.48. The summed E-state index contributed by atoms with van der Waals surface area (Å²) in [6.07, 6.45) is 2.63. The Morgan fingerprint density at radius 1 is 1.56 bits per heavy atom. The van der Waals surface area contributed by atoms with Gasteiger partial charge >= 0.3 is 0 Å². The summed E-state index contributed by atoms with van der Waals surface area (Å²) in [5.41, 5.74) is 1.01. The van der Waals surface area contributed by atoms with Crippen LogP contribution in [0.2, 0.25) is 0 Å². The lowest BCUT2D eigenvalue weighted by atomic mass is 9.93. The molecule has 0 spiro atoms. The molecule has 2 atom stereocenters. The van der Waals surface area contributed by atoms with Crippen molar-refractivity contribution in [3.8, 4) is 0 Å².